The molecule has 0 fully saturated rings. The highest BCUT2D eigenvalue weighted by atomic mass is 35.5. The SMILES string of the molecule is CCC(N)Cc1ccc(N(CC)CCOC)c(Cl)c1. The molecule has 0 spiro atoms. The maximum atomic E-state index is 6.39. The Bertz CT molecular complexity index is 384. The lowest BCUT2D eigenvalue weighted by atomic mass is 10.0. The summed E-state index contributed by atoms with van der Waals surface area (Å²) in [5.74, 6) is 0. The van der Waals surface area contributed by atoms with Crippen LogP contribution in [0.3, 0.4) is 0 Å². The number of hydrogen-bond donors (Lipinski definition) is 1. The molecular formula is C15H25ClN2O. The van der Waals surface area contributed by atoms with Gasteiger partial charge >= 0.3 is 0 Å². The molecule has 0 amide bonds. The monoisotopic (exact) mass is 284 g/mol. The second kappa shape index (κ2) is 8.41. The number of anilines is 1. The van der Waals surface area contributed by atoms with Gasteiger partial charge in [-0.25, -0.2) is 0 Å². The lowest BCUT2D eigenvalue weighted by Gasteiger charge is -2.24. The lowest BCUT2D eigenvalue weighted by molar-refractivity contribution is 0.205. The summed E-state index contributed by atoms with van der Waals surface area (Å²) in [5.41, 5.74) is 8.24. The number of hydrogen-bond acceptors (Lipinski definition) is 3. The van der Waals surface area contributed by atoms with Crippen molar-refractivity contribution in [3.05, 3.63) is 28.8 Å². The second-order valence-electron chi connectivity index (χ2n) is 4.73. The van der Waals surface area contributed by atoms with Crippen LogP contribution in [0.1, 0.15) is 25.8 Å². The van der Waals surface area contributed by atoms with E-state index in [0.717, 1.165) is 36.6 Å². The molecule has 0 aliphatic carbocycles. The van der Waals surface area contributed by atoms with E-state index in [1.807, 2.05) is 6.07 Å². The van der Waals surface area contributed by atoms with Crippen LogP contribution in [0.2, 0.25) is 5.02 Å². The largest absolute Gasteiger partial charge is 0.383 e. The normalized spacial score (nSPS) is 12.5. The van der Waals surface area contributed by atoms with Crippen LogP contribution in [0.15, 0.2) is 18.2 Å². The van der Waals surface area contributed by atoms with Crippen LogP contribution in [-0.2, 0) is 11.2 Å². The van der Waals surface area contributed by atoms with Crippen molar-refractivity contribution >= 4 is 17.3 Å². The van der Waals surface area contributed by atoms with Gasteiger partial charge in [0.1, 0.15) is 0 Å². The summed E-state index contributed by atoms with van der Waals surface area (Å²) in [6, 6.07) is 6.44. The maximum absolute atomic E-state index is 6.39. The first kappa shape index (κ1) is 16.3. The third-order valence-corrected chi connectivity index (χ3v) is 3.62. The quantitative estimate of drug-likeness (QED) is 0.797. The van der Waals surface area contributed by atoms with E-state index in [4.69, 9.17) is 22.1 Å². The summed E-state index contributed by atoms with van der Waals surface area (Å²) >= 11 is 6.39. The van der Waals surface area contributed by atoms with Gasteiger partial charge in [-0.3, -0.25) is 0 Å². The number of benzene rings is 1. The summed E-state index contributed by atoms with van der Waals surface area (Å²) in [5, 5.41) is 0.791. The molecule has 1 atom stereocenters. The van der Waals surface area contributed by atoms with Crippen molar-refractivity contribution < 1.29 is 4.74 Å². The molecule has 2 N–H and O–H groups in total. The summed E-state index contributed by atoms with van der Waals surface area (Å²) in [6.45, 7) is 6.68. The fourth-order valence-corrected chi connectivity index (χ4v) is 2.35. The van der Waals surface area contributed by atoms with Gasteiger partial charge in [-0.2, -0.15) is 0 Å². The van der Waals surface area contributed by atoms with E-state index < -0.39 is 0 Å². The molecule has 0 bridgehead atoms. The van der Waals surface area contributed by atoms with Gasteiger partial charge in [-0.1, -0.05) is 24.6 Å². The van der Waals surface area contributed by atoms with Gasteiger partial charge in [0.15, 0.2) is 0 Å². The summed E-state index contributed by atoms with van der Waals surface area (Å²) in [4.78, 5) is 2.22. The smallest absolute Gasteiger partial charge is 0.0642 e. The zero-order chi connectivity index (χ0) is 14.3. The first-order valence-electron chi connectivity index (χ1n) is 6.90. The number of halogens is 1. The maximum Gasteiger partial charge on any atom is 0.0642 e. The van der Waals surface area contributed by atoms with E-state index in [9.17, 15) is 0 Å². The highest BCUT2D eigenvalue weighted by Gasteiger charge is 2.10. The molecule has 1 aromatic carbocycles. The molecule has 1 aromatic rings. The molecule has 4 heteroatoms. The molecule has 0 saturated carbocycles. The van der Waals surface area contributed by atoms with Crippen molar-refractivity contribution in [2.45, 2.75) is 32.7 Å². The molecule has 0 saturated heterocycles. The Morgan fingerprint density at radius 3 is 2.63 bits per heavy atom. The van der Waals surface area contributed by atoms with Crippen LogP contribution in [-0.4, -0.2) is 32.8 Å². The molecule has 0 radical (unpaired) electrons. The van der Waals surface area contributed by atoms with E-state index in [2.05, 4.69) is 30.9 Å². The van der Waals surface area contributed by atoms with E-state index in [1.54, 1.807) is 7.11 Å². The average Bonchev–Trinajstić information content (AvgIpc) is 2.41. The fourth-order valence-electron chi connectivity index (χ4n) is 2.03. The number of methoxy groups -OCH3 is 1. The van der Waals surface area contributed by atoms with Crippen LogP contribution in [0.5, 0.6) is 0 Å². The molecule has 0 aliphatic heterocycles. The molecule has 0 aliphatic rings. The Morgan fingerprint density at radius 1 is 1.37 bits per heavy atom. The van der Waals surface area contributed by atoms with Crippen molar-refractivity contribution in [2.75, 3.05) is 31.7 Å². The van der Waals surface area contributed by atoms with E-state index >= 15 is 0 Å². The minimum Gasteiger partial charge on any atom is -0.383 e. The second-order valence-corrected chi connectivity index (χ2v) is 5.14. The van der Waals surface area contributed by atoms with Crippen molar-refractivity contribution in [3.63, 3.8) is 0 Å². The van der Waals surface area contributed by atoms with E-state index in [1.165, 1.54) is 5.56 Å². The summed E-state index contributed by atoms with van der Waals surface area (Å²) < 4.78 is 5.13. The minimum absolute atomic E-state index is 0.206. The number of likely N-dealkylation sites (N-methyl/N-ethyl adjacent to an activating group) is 1. The Hall–Kier alpha value is -0.770. The number of rotatable bonds is 8. The first-order valence-corrected chi connectivity index (χ1v) is 7.28. The van der Waals surface area contributed by atoms with E-state index in [-0.39, 0.29) is 6.04 Å². The van der Waals surface area contributed by atoms with Gasteiger partial charge in [0.2, 0.25) is 0 Å². The first-order chi connectivity index (χ1) is 9.12. The lowest BCUT2D eigenvalue weighted by Crippen LogP contribution is -2.27. The third-order valence-electron chi connectivity index (χ3n) is 3.32. The van der Waals surface area contributed by atoms with E-state index in [0.29, 0.717) is 6.61 Å². The van der Waals surface area contributed by atoms with Gasteiger partial charge < -0.3 is 15.4 Å². The van der Waals surface area contributed by atoms with Gasteiger partial charge in [0, 0.05) is 26.2 Å². The standard InChI is InChI=1S/C15H25ClN2O/c1-4-13(17)10-12-6-7-15(14(16)11-12)18(5-2)8-9-19-3/h6-7,11,13H,4-5,8-10,17H2,1-3H3. The highest BCUT2D eigenvalue weighted by molar-refractivity contribution is 6.33. The molecule has 3 nitrogen and oxygen atoms in total. The topological polar surface area (TPSA) is 38.5 Å². The number of nitrogens with two attached hydrogens (primary N) is 1. The number of nitrogens with zero attached hydrogens (tertiary/aromatic N) is 1. The van der Waals surface area contributed by atoms with Crippen molar-refractivity contribution in [1.29, 1.82) is 0 Å². The molecule has 0 aromatic heterocycles. The summed E-state index contributed by atoms with van der Waals surface area (Å²) in [7, 11) is 1.71. The number of ether oxygens (including phenoxy) is 1. The van der Waals surface area contributed by atoms with Crippen LogP contribution >= 0.6 is 11.6 Å². The van der Waals surface area contributed by atoms with Gasteiger partial charge in [0.25, 0.3) is 0 Å². The van der Waals surface area contributed by atoms with Gasteiger partial charge in [0.05, 0.1) is 17.3 Å². The molecule has 1 rings (SSSR count). The third kappa shape index (κ3) is 5.01. The van der Waals surface area contributed by atoms with Crippen molar-refractivity contribution in [1.82, 2.24) is 0 Å². The van der Waals surface area contributed by atoms with Gasteiger partial charge in [-0.15, -0.1) is 0 Å². The Balaban J connectivity index is 2.80. The highest BCUT2D eigenvalue weighted by Crippen LogP contribution is 2.27. The Kier molecular flexibility index (Phi) is 7.21. The summed E-state index contributed by atoms with van der Waals surface area (Å²) in [6.07, 6.45) is 1.86. The Morgan fingerprint density at radius 2 is 2.11 bits per heavy atom. The molecule has 0 heterocycles. The van der Waals surface area contributed by atoms with Crippen LogP contribution in [0, 0.1) is 0 Å². The van der Waals surface area contributed by atoms with Crippen molar-refractivity contribution in [3.8, 4) is 0 Å². The molecule has 1 unspecified atom stereocenters. The van der Waals surface area contributed by atoms with Gasteiger partial charge in [-0.05, 0) is 37.5 Å². The van der Waals surface area contributed by atoms with Crippen LogP contribution < -0.4 is 10.6 Å². The molecular weight excluding hydrogens is 260 g/mol. The van der Waals surface area contributed by atoms with Crippen molar-refractivity contribution in [2.24, 2.45) is 5.73 Å². The predicted molar refractivity (Wildman–Crippen MR) is 83.2 cm³/mol. The zero-order valence-electron chi connectivity index (χ0n) is 12.2. The zero-order valence-corrected chi connectivity index (χ0v) is 12.9. The predicted octanol–water partition coefficient (Wildman–Crippen LogP) is 3.09. The Labute approximate surface area is 121 Å². The fraction of sp³-hybridized carbons (Fsp3) is 0.600. The average molecular weight is 285 g/mol. The molecule has 108 valence electrons. The van der Waals surface area contributed by atoms with Crippen LogP contribution in [0.4, 0.5) is 5.69 Å². The minimum atomic E-state index is 0.206. The molecule has 19 heavy (non-hydrogen) atoms. The van der Waals surface area contributed by atoms with Crippen LogP contribution in [0.25, 0.3) is 0 Å².